The van der Waals surface area contributed by atoms with E-state index in [4.69, 9.17) is 5.11 Å². The standard InChI is InChI=1S/C9H9F2NO/c10-9(11)3-4-12-8-5-6(13)1-2-7(8)9/h1-2,5,12-13H,3-4H2. The van der Waals surface area contributed by atoms with Gasteiger partial charge in [-0.15, -0.1) is 0 Å². The molecule has 70 valence electrons. The minimum atomic E-state index is -2.77. The van der Waals surface area contributed by atoms with E-state index in [1.807, 2.05) is 0 Å². The van der Waals surface area contributed by atoms with E-state index in [1.54, 1.807) is 0 Å². The van der Waals surface area contributed by atoms with Crippen LogP contribution in [0.25, 0.3) is 0 Å². The fraction of sp³-hybridized carbons (Fsp3) is 0.333. The van der Waals surface area contributed by atoms with Gasteiger partial charge in [0.05, 0.1) is 0 Å². The smallest absolute Gasteiger partial charge is 0.276 e. The van der Waals surface area contributed by atoms with Crippen LogP contribution in [0.5, 0.6) is 5.75 Å². The Balaban J connectivity index is 2.53. The molecule has 0 saturated carbocycles. The van der Waals surface area contributed by atoms with Gasteiger partial charge in [-0.3, -0.25) is 0 Å². The van der Waals surface area contributed by atoms with Crippen molar-refractivity contribution in [3.05, 3.63) is 23.8 Å². The Kier molecular flexibility index (Phi) is 1.65. The first-order chi connectivity index (χ1) is 6.09. The first kappa shape index (κ1) is 8.29. The summed E-state index contributed by atoms with van der Waals surface area (Å²) in [5, 5.41) is 11.9. The van der Waals surface area contributed by atoms with Gasteiger partial charge in [-0.25, -0.2) is 8.78 Å². The molecule has 1 aliphatic rings. The van der Waals surface area contributed by atoms with E-state index in [-0.39, 0.29) is 24.3 Å². The number of hydrogen-bond donors (Lipinski definition) is 2. The molecule has 1 aromatic rings. The molecule has 0 fully saturated rings. The second-order valence-corrected chi connectivity index (χ2v) is 3.11. The predicted molar refractivity (Wildman–Crippen MR) is 45.1 cm³/mol. The summed E-state index contributed by atoms with van der Waals surface area (Å²) in [5.41, 5.74) is 0.299. The first-order valence-corrected chi connectivity index (χ1v) is 4.05. The molecule has 0 aliphatic carbocycles. The van der Waals surface area contributed by atoms with E-state index < -0.39 is 5.92 Å². The molecule has 0 unspecified atom stereocenters. The van der Waals surface area contributed by atoms with Crippen LogP contribution in [0.2, 0.25) is 0 Å². The van der Waals surface area contributed by atoms with E-state index in [0.29, 0.717) is 5.69 Å². The van der Waals surface area contributed by atoms with Crippen LogP contribution in [0.3, 0.4) is 0 Å². The number of rotatable bonds is 0. The summed E-state index contributed by atoms with van der Waals surface area (Å²) in [4.78, 5) is 0. The van der Waals surface area contributed by atoms with Crippen LogP contribution in [0, 0.1) is 0 Å². The lowest BCUT2D eigenvalue weighted by molar-refractivity contribution is -0.0122. The zero-order valence-corrected chi connectivity index (χ0v) is 6.85. The summed E-state index contributed by atoms with van der Waals surface area (Å²) in [5.74, 6) is -2.77. The number of anilines is 1. The highest BCUT2D eigenvalue weighted by Crippen LogP contribution is 2.40. The van der Waals surface area contributed by atoms with E-state index in [9.17, 15) is 8.78 Å². The number of phenolic OH excluding ortho intramolecular Hbond substituents is 1. The topological polar surface area (TPSA) is 32.3 Å². The largest absolute Gasteiger partial charge is 0.508 e. The third kappa shape index (κ3) is 1.32. The van der Waals surface area contributed by atoms with Crippen LogP contribution < -0.4 is 5.32 Å². The van der Waals surface area contributed by atoms with Gasteiger partial charge in [-0.1, -0.05) is 0 Å². The third-order valence-electron chi connectivity index (χ3n) is 2.15. The van der Waals surface area contributed by atoms with Crippen LogP contribution in [0.15, 0.2) is 18.2 Å². The number of phenols is 1. The Morgan fingerprint density at radius 1 is 1.38 bits per heavy atom. The van der Waals surface area contributed by atoms with Gasteiger partial charge in [-0.05, 0) is 12.1 Å². The second kappa shape index (κ2) is 2.58. The van der Waals surface area contributed by atoms with Gasteiger partial charge < -0.3 is 10.4 Å². The lowest BCUT2D eigenvalue weighted by atomic mass is 9.99. The lowest BCUT2D eigenvalue weighted by Crippen LogP contribution is -2.25. The van der Waals surface area contributed by atoms with Crippen molar-refractivity contribution < 1.29 is 13.9 Å². The van der Waals surface area contributed by atoms with Crippen LogP contribution in [0.4, 0.5) is 14.5 Å². The second-order valence-electron chi connectivity index (χ2n) is 3.11. The number of nitrogens with one attached hydrogen (secondary N) is 1. The number of aromatic hydroxyl groups is 1. The Morgan fingerprint density at radius 2 is 2.15 bits per heavy atom. The van der Waals surface area contributed by atoms with Gasteiger partial charge in [0, 0.05) is 30.3 Å². The summed E-state index contributed by atoms with van der Waals surface area (Å²) in [6, 6.07) is 3.86. The summed E-state index contributed by atoms with van der Waals surface area (Å²) in [6.45, 7) is 0.240. The summed E-state index contributed by atoms with van der Waals surface area (Å²) < 4.78 is 26.4. The van der Waals surface area contributed by atoms with Gasteiger partial charge in [0.15, 0.2) is 0 Å². The highest BCUT2D eigenvalue weighted by molar-refractivity contribution is 5.58. The summed E-state index contributed by atoms with van der Waals surface area (Å²) in [7, 11) is 0. The molecule has 0 atom stereocenters. The maximum Gasteiger partial charge on any atom is 0.276 e. The van der Waals surface area contributed by atoms with Crippen molar-refractivity contribution in [2.45, 2.75) is 12.3 Å². The number of fused-ring (bicyclic) bond motifs is 1. The molecule has 13 heavy (non-hydrogen) atoms. The van der Waals surface area contributed by atoms with Crippen molar-refractivity contribution in [3.8, 4) is 5.75 Å². The minimum Gasteiger partial charge on any atom is -0.508 e. The molecule has 0 radical (unpaired) electrons. The van der Waals surface area contributed by atoms with Gasteiger partial charge in [-0.2, -0.15) is 0 Å². The highest BCUT2D eigenvalue weighted by atomic mass is 19.3. The maximum atomic E-state index is 13.2. The van der Waals surface area contributed by atoms with Crippen molar-refractivity contribution in [3.63, 3.8) is 0 Å². The van der Waals surface area contributed by atoms with E-state index in [1.165, 1.54) is 18.2 Å². The summed E-state index contributed by atoms with van der Waals surface area (Å²) in [6.07, 6.45) is -0.190. The molecule has 2 nitrogen and oxygen atoms in total. The van der Waals surface area contributed by atoms with Crippen molar-refractivity contribution in [1.29, 1.82) is 0 Å². The monoisotopic (exact) mass is 185 g/mol. The van der Waals surface area contributed by atoms with Crippen molar-refractivity contribution in [1.82, 2.24) is 0 Å². The van der Waals surface area contributed by atoms with Gasteiger partial charge >= 0.3 is 0 Å². The number of alkyl halides is 2. The SMILES string of the molecule is Oc1ccc2c(c1)NCCC2(F)F. The molecule has 0 saturated heterocycles. The third-order valence-corrected chi connectivity index (χ3v) is 2.15. The van der Waals surface area contributed by atoms with Crippen molar-refractivity contribution >= 4 is 5.69 Å². The van der Waals surface area contributed by atoms with E-state index in [2.05, 4.69) is 5.32 Å². The predicted octanol–water partition coefficient (Wildman–Crippen LogP) is 2.30. The fourth-order valence-corrected chi connectivity index (χ4v) is 1.49. The minimum absolute atomic E-state index is 0.00366. The van der Waals surface area contributed by atoms with Crippen LogP contribution in [0.1, 0.15) is 12.0 Å². The molecule has 0 amide bonds. The lowest BCUT2D eigenvalue weighted by Gasteiger charge is -2.26. The number of benzene rings is 1. The van der Waals surface area contributed by atoms with Crippen LogP contribution in [-0.4, -0.2) is 11.7 Å². The first-order valence-electron chi connectivity index (χ1n) is 4.05. The zero-order valence-electron chi connectivity index (χ0n) is 6.85. The maximum absolute atomic E-state index is 13.2. The average molecular weight is 185 g/mol. The number of halogens is 2. The molecular formula is C9H9F2NO. The van der Waals surface area contributed by atoms with Crippen molar-refractivity contribution in [2.75, 3.05) is 11.9 Å². The normalized spacial score (nSPS) is 18.9. The molecule has 2 rings (SSSR count). The van der Waals surface area contributed by atoms with E-state index in [0.717, 1.165) is 0 Å². The Morgan fingerprint density at radius 3 is 2.92 bits per heavy atom. The van der Waals surface area contributed by atoms with Crippen LogP contribution >= 0.6 is 0 Å². The average Bonchev–Trinajstić information content (AvgIpc) is 2.02. The fourth-order valence-electron chi connectivity index (χ4n) is 1.49. The van der Waals surface area contributed by atoms with Gasteiger partial charge in [0.25, 0.3) is 5.92 Å². The molecule has 1 heterocycles. The molecule has 1 aromatic carbocycles. The zero-order chi connectivity index (χ0) is 9.47. The molecule has 1 aliphatic heterocycles. The van der Waals surface area contributed by atoms with Crippen molar-refractivity contribution in [2.24, 2.45) is 0 Å². The molecule has 4 heteroatoms. The highest BCUT2D eigenvalue weighted by Gasteiger charge is 2.36. The van der Waals surface area contributed by atoms with Crippen LogP contribution in [-0.2, 0) is 5.92 Å². The molecule has 2 N–H and O–H groups in total. The Bertz CT molecular complexity index is 338. The van der Waals surface area contributed by atoms with Gasteiger partial charge in [0.1, 0.15) is 5.75 Å². The molecule has 0 spiro atoms. The van der Waals surface area contributed by atoms with E-state index >= 15 is 0 Å². The summed E-state index contributed by atoms with van der Waals surface area (Å²) >= 11 is 0. The Hall–Kier alpha value is -1.32. The Labute approximate surface area is 74.2 Å². The quantitative estimate of drug-likeness (QED) is 0.650. The molecular weight excluding hydrogens is 176 g/mol. The number of hydrogen-bond acceptors (Lipinski definition) is 2. The van der Waals surface area contributed by atoms with Gasteiger partial charge in [0.2, 0.25) is 0 Å². The molecule has 0 bridgehead atoms. The molecule has 0 aromatic heterocycles.